The van der Waals surface area contributed by atoms with Crippen molar-refractivity contribution in [1.82, 2.24) is 20.2 Å². The number of para-hydroxylation sites is 1. The monoisotopic (exact) mass is 512 g/mol. The molecular weight excluding hydrogens is 472 g/mol. The summed E-state index contributed by atoms with van der Waals surface area (Å²) in [7, 11) is 0. The van der Waals surface area contributed by atoms with Crippen LogP contribution in [0.5, 0.6) is 5.75 Å². The number of hydrogen-bond donors (Lipinski definition) is 1. The van der Waals surface area contributed by atoms with Gasteiger partial charge in [-0.15, -0.1) is 0 Å². The smallest absolute Gasteiger partial charge is 0.271 e. The summed E-state index contributed by atoms with van der Waals surface area (Å²) in [6, 6.07) is 31.9. The van der Waals surface area contributed by atoms with E-state index in [-0.39, 0.29) is 0 Å². The van der Waals surface area contributed by atoms with Crippen LogP contribution in [0.3, 0.4) is 0 Å². The van der Waals surface area contributed by atoms with Gasteiger partial charge in [-0.05, 0) is 30.5 Å². The number of hydrogen-bond acceptors (Lipinski definition) is 6. The van der Waals surface area contributed by atoms with E-state index >= 15 is 0 Å². The molecule has 3 heterocycles. The topological polar surface area (TPSA) is 40.2 Å². The average molecular weight is 513 g/mol. The van der Waals surface area contributed by atoms with Crippen LogP contribution in [0.15, 0.2) is 91.0 Å². The number of piperazine rings is 1. The molecule has 6 nitrogen and oxygen atoms in total. The molecule has 38 heavy (non-hydrogen) atoms. The number of likely N-dealkylation sites (tertiary alicyclic amines) is 1. The Morgan fingerprint density at radius 1 is 0.711 bits per heavy atom. The molecule has 0 bridgehead atoms. The summed E-state index contributed by atoms with van der Waals surface area (Å²) in [4.78, 5) is 2.70. The lowest BCUT2D eigenvalue weighted by Crippen LogP contribution is -2.81. The molecule has 0 saturated carbocycles. The summed E-state index contributed by atoms with van der Waals surface area (Å²) in [6.45, 7) is 7.37. The van der Waals surface area contributed by atoms with Crippen molar-refractivity contribution in [2.75, 3.05) is 52.4 Å². The number of rotatable bonds is 7. The van der Waals surface area contributed by atoms with Crippen LogP contribution in [-0.4, -0.2) is 73.0 Å². The van der Waals surface area contributed by atoms with Crippen LogP contribution < -0.4 is 10.1 Å². The number of hydrazine groups is 1. The molecule has 0 aromatic heterocycles. The average Bonchev–Trinajstić information content (AvgIpc) is 3.00. The minimum atomic E-state index is -1.04. The highest BCUT2D eigenvalue weighted by molar-refractivity contribution is 5.33. The van der Waals surface area contributed by atoms with Crippen LogP contribution >= 0.6 is 0 Å². The minimum Gasteiger partial charge on any atom is -0.454 e. The summed E-state index contributed by atoms with van der Waals surface area (Å²) in [5, 5.41) is 8.77. The van der Waals surface area contributed by atoms with E-state index in [1.807, 2.05) is 18.2 Å². The molecule has 3 aromatic carbocycles. The van der Waals surface area contributed by atoms with Gasteiger partial charge in [-0.1, -0.05) is 85.3 Å². The molecule has 3 saturated heterocycles. The molecule has 0 radical (unpaired) electrons. The fourth-order valence-corrected chi connectivity index (χ4v) is 6.65. The second kappa shape index (κ2) is 11.6. The Labute approximate surface area is 227 Å². The van der Waals surface area contributed by atoms with Gasteiger partial charge in [0, 0.05) is 57.8 Å². The Bertz CT molecular complexity index is 1140. The second-order valence-corrected chi connectivity index (χ2v) is 10.6. The number of nitrogens with one attached hydrogen (secondary N) is 1. The first-order chi connectivity index (χ1) is 18.8. The molecule has 3 aliphatic heterocycles. The van der Waals surface area contributed by atoms with Crippen molar-refractivity contribution in [1.29, 1.82) is 0 Å². The van der Waals surface area contributed by atoms with E-state index in [1.54, 1.807) is 0 Å². The van der Waals surface area contributed by atoms with Gasteiger partial charge in [-0.25, -0.2) is 10.0 Å². The molecule has 3 aromatic rings. The molecule has 0 amide bonds. The Kier molecular flexibility index (Phi) is 7.77. The predicted octanol–water partition coefficient (Wildman–Crippen LogP) is 4.50. The minimum absolute atomic E-state index is 0.582. The molecule has 6 heteroatoms. The van der Waals surface area contributed by atoms with Crippen LogP contribution in [-0.2, 0) is 16.9 Å². The third-order valence-electron chi connectivity index (χ3n) is 8.33. The van der Waals surface area contributed by atoms with Crippen LogP contribution in [0.2, 0.25) is 0 Å². The van der Waals surface area contributed by atoms with Crippen molar-refractivity contribution in [3.05, 3.63) is 102 Å². The molecule has 0 aliphatic carbocycles. The van der Waals surface area contributed by atoms with Gasteiger partial charge < -0.3 is 14.8 Å². The largest absolute Gasteiger partial charge is 0.454 e. The van der Waals surface area contributed by atoms with Crippen molar-refractivity contribution in [3.8, 4) is 5.75 Å². The maximum absolute atomic E-state index is 7.24. The lowest BCUT2D eigenvalue weighted by atomic mass is 9.81. The summed E-state index contributed by atoms with van der Waals surface area (Å²) < 4.78 is 14.3. The van der Waals surface area contributed by atoms with Crippen molar-refractivity contribution < 1.29 is 9.47 Å². The maximum Gasteiger partial charge on any atom is 0.271 e. The Morgan fingerprint density at radius 3 is 2.03 bits per heavy atom. The van der Waals surface area contributed by atoms with Crippen molar-refractivity contribution in [2.24, 2.45) is 0 Å². The van der Waals surface area contributed by atoms with Gasteiger partial charge in [-0.3, -0.25) is 4.90 Å². The van der Waals surface area contributed by atoms with E-state index in [2.05, 4.69) is 93.0 Å². The third-order valence-corrected chi connectivity index (χ3v) is 8.33. The quantitative estimate of drug-likeness (QED) is 0.503. The van der Waals surface area contributed by atoms with Gasteiger partial charge in [-0.2, -0.15) is 0 Å². The molecule has 6 rings (SSSR count). The fraction of sp³-hybridized carbons (Fsp3) is 0.438. The van der Waals surface area contributed by atoms with Gasteiger partial charge in [0.1, 0.15) is 5.75 Å². The highest BCUT2D eigenvalue weighted by atomic mass is 16.7. The summed E-state index contributed by atoms with van der Waals surface area (Å²) in [5.41, 5.74) is 1.77. The fourth-order valence-electron chi connectivity index (χ4n) is 6.65. The van der Waals surface area contributed by atoms with E-state index < -0.39 is 11.4 Å². The highest BCUT2D eigenvalue weighted by Gasteiger charge is 2.66. The first kappa shape index (κ1) is 25.5. The lowest BCUT2D eigenvalue weighted by Gasteiger charge is -2.64. The number of piperidine rings is 1. The summed E-state index contributed by atoms with van der Waals surface area (Å²) >= 11 is 0. The molecule has 0 spiro atoms. The van der Waals surface area contributed by atoms with Crippen LogP contribution in [0.25, 0.3) is 0 Å². The molecular formula is C32H40N4O2. The van der Waals surface area contributed by atoms with Gasteiger partial charge >= 0.3 is 0 Å². The van der Waals surface area contributed by atoms with Crippen LogP contribution in [0.4, 0.5) is 0 Å². The van der Waals surface area contributed by atoms with Crippen molar-refractivity contribution >= 4 is 0 Å². The molecule has 1 N–H and O–H groups in total. The zero-order valence-corrected chi connectivity index (χ0v) is 22.3. The molecule has 200 valence electrons. The standard InChI is InChI=1S/C32H40N4O2/c1-5-13-28(14-6-1)27-31(34-21-11-4-12-22-34)32(29-15-7-2-8-16-29,38-30-17-9-3-10-18-30)37-26-25-36(31)35-23-19-33-20-24-35/h1-3,5-10,13-18,33H,4,11-12,19-27H2. The Morgan fingerprint density at radius 2 is 1.34 bits per heavy atom. The normalized spacial score (nSPS) is 27.7. The number of nitrogens with zero attached hydrogens (tertiary/aromatic N) is 3. The van der Waals surface area contributed by atoms with Gasteiger partial charge in [0.15, 0.2) is 5.66 Å². The van der Waals surface area contributed by atoms with Crippen LogP contribution in [0, 0.1) is 0 Å². The Hall–Kier alpha value is -2.74. The van der Waals surface area contributed by atoms with E-state index in [0.29, 0.717) is 6.61 Å². The first-order valence-electron chi connectivity index (χ1n) is 14.3. The van der Waals surface area contributed by atoms with Gasteiger partial charge in [0.25, 0.3) is 5.79 Å². The van der Waals surface area contributed by atoms with Gasteiger partial charge in [0.05, 0.1) is 6.61 Å². The van der Waals surface area contributed by atoms with E-state index in [0.717, 1.165) is 63.5 Å². The molecule has 2 atom stereocenters. The maximum atomic E-state index is 7.24. The van der Waals surface area contributed by atoms with E-state index in [9.17, 15) is 0 Å². The zero-order valence-electron chi connectivity index (χ0n) is 22.3. The Balaban J connectivity index is 1.60. The molecule has 3 aliphatic rings. The highest BCUT2D eigenvalue weighted by Crippen LogP contribution is 2.50. The van der Waals surface area contributed by atoms with E-state index in [4.69, 9.17) is 9.47 Å². The molecule has 2 unspecified atom stereocenters. The summed E-state index contributed by atoms with van der Waals surface area (Å²) in [6.07, 6.45) is 4.42. The lowest BCUT2D eigenvalue weighted by molar-refractivity contribution is -0.378. The molecule has 3 fully saturated rings. The van der Waals surface area contributed by atoms with Crippen molar-refractivity contribution in [2.45, 2.75) is 37.1 Å². The first-order valence-corrected chi connectivity index (χ1v) is 14.3. The number of benzene rings is 3. The SMILES string of the molecule is c1ccc(CC2(N3CCCCC3)N(N3CCNCC3)CCOC2(Oc2ccccc2)c2ccccc2)cc1. The number of morpholine rings is 1. The van der Waals surface area contributed by atoms with E-state index in [1.165, 1.54) is 24.8 Å². The third kappa shape index (κ3) is 4.76. The summed E-state index contributed by atoms with van der Waals surface area (Å²) in [5.74, 6) is -0.209. The number of ether oxygens (including phenoxy) is 2. The predicted molar refractivity (Wildman–Crippen MR) is 151 cm³/mol. The zero-order chi connectivity index (χ0) is 25.7. The van der Waals surface area contributed by atoms with Crippen LogP contribution in [0.1, 0.15) is 30.4 Å². The van der Waals surface area contributed by atoms with Gasteiger partial charge in [0.2, 0.25) is 0 Å². The second-order valence-electron chi connectivity index (χ2n) is 10.6. The van der Waals surface area contributed by atoms with Crippen molar-refractivity contribution in [3.63, 3.8) is 0 Å².